The summed E-state index contributed by atoms with van der Waals surface area (Å²) < 4.78 is 0. The van der Waals surface area contributed by atoms with Crippen LogP contribution in [0.25, 0.3) is 10.9 Å². The van der Waals surface area contributed by atoms with Gasteiger partial charge in [-0.3, -0.25) is 14.7 Å². The molecule has 1 aromatic carbocycles. The smallest absolute Gasteiger partial charge is 0.255 e. The van der Waals surface area contributed by atoms with Crippen molar-refractivity contribution in [1.29, 1.82) is 0 Å². The largest absolute Gasteiger partial charge is 0.336 e. The summed E-state index contributed by atoms with van der Waals surface area (Å²) >= 11 is 0. The Labute approximate surface area is 137 Å². The fourth-order valence-corrected chi connectivity index (χ4v) is 3.49. The number of amides is 1. The molecule has 0 radical (unpaired) electrons. The normalized spacial score (nSPS) is 19.3. The van der Waals surface area contributed by atoms with E-state index < -0.39 is 0 Å². The molecular formula is C19H23N3O. The van der Waals surface area contributed by atoms with Gasteiger partial charge >= 0.3 is 0 Å². The maximum Gasteiger partial charge on any atom is 0.255 e. The lowest BCUT2D eigenvalue weighted by molar-refractivity contribution is 0.0626. The number of aryl methyl sites for hydroxylation is 2. The van der Waals surface area contributed by atoms with Crippen molar-refractivity contribution in [2.24, 2.45) is 0 Å². The van der Waals surface area contributed by atoms with Crippen molar-refractivity contribution in [3.8, 4) is 0 Å². The number of rotatable bonds is 2. The highest BCUT2D eigenvalue weighted by Gasteiger charge is 2.32. The molecule has 0 spiro atoms. The Bertz CT molecular complexity index is 759. The van der Waals surface area contributed by atoms with E-state index in [1.165, 1.54) is 18.4 Å². The molecule has 4 heteroatoms. The maximum absolute atomic E-state index is 12.9. The highest BCUT2D eigenvalue weighted by atomic mass is 16.2. The van der Waals surface area contributed by atoms with Crippen molar-refractivity contribution < 1.29 is 4.79 Å². The first kappa shape index (κ1) is 14.6. The van der Waals surface area contributed by atoms with Gasteiger partial charge in [0.2, 0.25) is 0 Å². The number of fused-ring (bicyclic) bond motifs is 1. The molecule has 1 saturated heterocycles. The van der Waals surface area contributed by atoms with Crippen molar-refractivity contribution in [3.63, 3.8) is 0 Å². The quantitative estimate of drug-likeness (QED) is 0.856. The molecule has 1 aliphatic heterocycles. The summed E-state index contributed by atoms with van der Waals surface area (Å²) in [6, 6.07) is 9.00. The van der Waals surface area contributed by atoms with Crippen LogP contribution in [-0.4, -0.2) is 52.9 Å². The van der Waals surface area contributed by atoms with E-state index in [9.17, 15) is 4.79 Å². The number of aromatic nitrogens is 1. The number of nitrogens with zero attached hydrogens (tertiary/aromatic N) is 3. The summed E-state index contributed by atoms with van der Waals surface area (Å²) in [6.07, 6.45) is 2.67. The summed E-state index contributed by atoms with van der Waals surface area (Å²) in [5.41, 5.74) is 3.75. The minimum absolute atomic E-state index is 0.132. The van der Waals surface area contributed by atoms with E-state index in [-0.39, 0.29) is 5.91 Å². The van der Waals surface area contributed by atoms with Crippen molar-refractivity contribution in [2.75, 3.05) is 26.2 Å². The van der Waals surface area contributed by atoms with Gasteiger partial charge in [0.05, 0.1) is 16.8 Å². The summed E-state index contributed by atoms with van der Waals surface area (Å²) in [5.74, 6) is 0.132. The molecule has 2 aromatic rings. The van der Waals surface area contributed by atoms with Crippen LogP contribution in [0.1, 0.15) is 34.5 Å². The van der Waals surface area contributed by atoms with Crippen LogP contribution in [-0.2, 0) is 0 Å². The fraction of sp³-hybridized carbons (Fsp3) is 0.474. The van der Waals surface area contributed by atoms with Crippen LogP contribution in [0.5, 0.6) is 0 Å². The lowest BCUT2D eigenvalue weighted by Gasteiger charge is -2.35. The Balaban J connectivity index is 1.57. The molecule has 4 rings (SSSR count). The number of hydrogen-bond donors (Lipinski definition) is 0. The van der Waals surface area contributed by atoms with Gasteiger partial charge in [-0.15, -0.1) is 0 Å². The monoisotopic (exact) mass is 309 g/mol. The molecule has 1 saturated carbocycles. The molecule has 0 bridgehead atoms. The number of carbonyl (C=O) groups is 1. The van der Waals surface area contributed by atoms with Crippen molar-refractivity contribution in [2.45, 2.75) is 32.7 Å². The Morgan fingerprint density at radius 2 is 1.83 bits per heavy atom. The van der Waals surface area contributed by atoms with Crippen molar-refractivity contribution in [3.05, 3.63) is 41.1 Å². The van der Waals surface area contributed by atoms with Gasteiger partial charge in [0, 0.05) is 37.6 Å². The second-order valence-corrected chi connectivity index (χ2v) is 6.88. The van der Waals surface area contributed by atoms with Gasteiger partial charge in [0.25, 0.3) is 5.91 Å². The molecule has 1 aromatic heterocycles. The number of pyridine rings is 1. The molecule has 2 fully saturated rings. The van der Waals surface area contributed by atoms with E-state index in [0.29, 0.717) is 0 Å². The molecule has 120 valence electrons. The minimum atomic E-state index is 0.132. The average Bonchev–Trinajstić information content (AvgIpc) is 3.38. The zero-order valence-corrected chi connectivity index (χ0v) is 13.9. The molecule has 1 aliphatic carbocycles. The second kappa shape index (κ2) is 5.60. The van der Waals surface area contributed by atoms with Gasteiger partial charge < -0.3 is 4.90 Å². The minimum Gasteiger partial charge on any atom is -0.336 e. The summed E-state index contributed by atoms with van der Waals surface area (Å²) in [6.45, 7) is 7.69. The zero-order chi connectivity index (χ0) is 16.0. The fourth-order valence-electron chi connectivity index (χ4n) is 3.49. The van der Waals surface area contributed by atoms with Crippen LogP contribution >= 0.6 is 0 Å². The van der Waals surface area contributed by atoms with E-state index in [1.54, 1.807) is 0 Å². The lowest BCUT2D eigenvalue weighted by atomic mass is 10.1. The highest BCUT2D eigenvalue weighted by Crippen LogP contribution is 2.28. The van der Waals surface area contributed by atoms with E-state index >= 15 is 0 Å². The van der Waals surface area contributed by atoms with Crippen LogP contribution in [0.3, 0.4) is 0 Å². The summed E-state index contributed by atoms with van der Waals surface area (Å²) in [7, 11) is 0. The first-order valence-corrected chi connectivity index (χ1v) is 8.53. The third-order valence-electron chi connectivity index (χ3n) is 5.06. The topological polar surface area (TPSA) is 36.4 Å². The molecule has 0 unspecified atom stereocenters. The lowest BCUT2D eigenvalue weighted by Crippen LogP contribution is -2.49. The molecule has 1 amide bonds. The Hall–Kier alpha value is -1.94. The molecule has 2 heterocycles. The first-order chi connectivity index (χ1) is 11.1. The van der Waals surface area contributed by atoms with Crippen molar-refractivity contribution >= 4 is 16.8 Å². The Morgan fingerprint density at radius 1 is 1.09 bits per heavy atom. The second-order valence-electron chi connectivity index (χ2n) is 6.88. The van der Waals surface area contributed by atoms with E-state index in [1.807, 2.05) is 17.9 Å². The van der Waals surface area contributed by atoms with Crippen molar-refractivity contribution in [1.82, 2.24) is 14.8 Å². The van der Waals surface area contributed by atoms with Crippen LogP contribution in [0.15, 0.2) is 24.3 Å². The maximum atomic E-state index is 12.9. The van der Waals surface area contributed by atoms with Crippen LogP contribution in [0, 0.1) is 13.8 Å². The van der Waals surface area contributed by atoms with Gasteiger partial charge in [-0.25, -0.2) is 0 Å². The predicted molar refractivity (Wildman–Crippen MR) is 91.7 cm³/mol. The molecule has 0 N–H and O–H groups in total. The molecule has 2 aliphatic rings. The first-order valence-electron chi connectivity index (χ1n) is 8.53. The van der Waals surface area contributed by atoms with Gasteiger partial charge in [0.1, 0.15) is 0 Å². The predicted octanol–water partition coefficient (Wildman–Crippen LogP) is 2.77. The average molecular weight is 309 g/mol. The van der Waals surface area contributed by atoms with Crippen LogP contribution in [0.2, 0.25) is 0 Å². The molecule has 4 nitrogen and oxygen atoms in total. The van der Waals surface area contributed by atoms with Gasteiger partial charge in [-0.05, 0) is 44.4 Å². The van der Waals surface area contributed by atoms with E-state index in [0.717, 1.165) is 54.4 Å². The zero-order valence-electron chi connectivity index (χ0n) is 13.9. The van der Waals surface area contributed by atoms with Gasteiger partial charge in [0.15, 0.2) is 0 Å². The van der Waals surface area contributed by atoms with Gasteiger partial charge in [-0.1, -0.05) is 12.1 Å². The standard InChI is InChI=1S/C19H23N3O/c1-13-3-4-15-12-17(14(2)20-18(15)11-13)19(23)22-9-7-21(8-10-22)16-5-6-16/h3-4,11-12,16H,5-10H2,1-2H3. The third-order valence-corrected chi connectivity index (χ3v) is 5.06. The summed E-state index contributed by atoms with van der Waals surface area (Å²) in [5, 5.41) is 1.04. The van der Waals surface area contributed by atoms with Gasteiger partial charge in [-0.2, -0.15) is 0 Å². The number of piperazine rings is 1. The Kier molecular flexibility index (Phi) is 3.57. The highest BCUT2D eigenvalue weighted by molar-refractivity contribution is 5.98. The number of hydrogen-bond acceptors (Lipinski definition) is 3. The molecule has 23 heavy (non-hydrogen) atoms. The molecular weight excluding hydrogens is 286 g/mol. The summed E-state index contributed by atoms with van der Waals surface area (Å²) in [4.78, 5) is 22.1. The third kappa shape index (κ3) is 2.83. The van der Waals surface area contributed by atoms with Crippen LogP contribution < -0.4 is 0 Å². The molecule has 0 atom stereocenters. The van der Waals surface area contributed by atoms with E-state index in [4.69, 9.17) is 0 Å². The SMILES string of the molecule is Cc1ccc2cc(C(=O)N3CCN(C4CC4)CC3)c(C)nc2c1. The number of carbonyl (C=O) groups excluding carboxylic acids is 1. The van der Waals surface area contributed by atoms with E-state index in [2.05, 4.69) is 35.0 Å². The van der Waals surface area contributed by atoms with Crippen LogP contribution in [0.4, 0.5) is 0 Å². The Morgan fingerprint density at radius 3 is 2.52 bits per heavy atom. The number of benzene rings is 1.